The third-order valence-electron chi connectivity index (χ3n) is 4.10. The molecule has 0 bridgehead atoms. The highest BCUT2D eigenvalue weighted by Crippen LogP contribution is 2.22. The Morgan fingerprint density at radius 1 is 1.08 bits per heavy atom. The molecule has 0 saturated heterocycles. The Hall–Kier alpha value is -2.56. The number of nitrogens with one attached hydrogen (secondary N) is 1. The summed E-state index contributed by atoms with van der Waals surface area (Å²) in [4.78, 5) is 18.9. The zero-order valence-electron chi connectivity index (χ0n) is 16.2. The minimum Gasteiger partial charge on any atom is -0.483 e. The van der Waals surface area contributed by atoms with Gasteiger partial charge in [-0.1, -0.05) is 32.0 Å². The number of carbonyl (C=O) groups excluding carboxylic acids is 1. The number of aromatic nitrogens is 1. The molecule has 0 aliphatic carbocycles. The van der Waals surface area contributed by atoms with Gasteiger partial charge in [0.2, 0.25) is 0 Å². The van der Waals surface area contributed by atoms with Crippen LogP contribution in [0, 0.1) is 13.8 Å². The van der Waals surface area contributed by atoms with Gasteiger partial charge >= 0.3 is 0 Å². The van der Waals surface area contributed by atoms with Crippen molar-refractivity contribution in [3.63, 3.8) is 0 Å². The molecule has 0 radical (unpaired) electrons. The average Bonchev–Trinajstić information content (AvgIpc) is 2.62. The van der Waals surface area contributed by atoms with Crippen LogP contribution in [0.5, 0.6) is 5.75 Å². The van der Waals surface area contributed by atoms with Gasteiger partial charge in [0, 0.05) is 13.1 Å². The average molecular weight is 355 g/mol. The van der Waals surface area contributed by atoms with Crippen molar-refractivity contribution < 1.29 is 9.53 Å². The number of hydrogen-bond donors (Lipinski definition) is 1. The molecule has 2 rings (SSSR count). The van der Waals surface area contributed by atoms with Crippen LogP contribution in [0.3, 0.4) is 0 Å². The summed E-state index contributed by atoms with van der Waals surface area (Å²) < 4.78 is 5.69. The lowest BCUT2D eigenvalue weighted by Crippen LogP contribution is -2.26. The second-order valence-electron chi connectivity index (χ2n) is 6.45. The molecule has 1 amide bonds. The van der Waals surface area contributed by atoms with Crippen molar-refractivity contribution in [1.29, 1.82) is 0 Å². The van der Waals surface area contributed by atoms with E-state index in [0.717, 1.165) is 48.6 Å². The van der Waals surface area contributed by atoms with E-state index in [0.29, 0.717) is 5.69 Å². The van der Waals surface area contributed by atoms with E-state index in [2.05, 4.69) is 29.0 Å². The van der Waals surface area contributed by atoms with Crippen molar-refractivity contribution in [2.75, 3.05) is 29.9 Å². The maximum atomic E-state index is 12.2. The Kier molecular flexibility index (Phi) is 7.45. The van der Waals surface area contributed by atoms with Crippen LogP contribution in [-0.2, 0) is 4.79 Å². The molecule has 1 N–H and O–H groups in total. The molecule has 0 aliphatic heterocycles. The molecule has 140 valence electrons. The smallest absolute Gasteiger partial charge is 0.262 e. The molecule has 0 aliphatic rings. The van der Waals surface area contributed by atoms with Gasteiger partial charge in [0.05, 0.1) is 11.9 Å². The van der Waals surface area contributed by atoms with Gasteiger partial charge in [-0.2, -0.15) is 0 Å². The summed E-state index contributed by atoms with van der Waals surface area (Å²) in [5, 5.41) is 2.84. The predicted octanol–water partition coefficient (Wildman–Crippen LogP) is 4.34. The van der Waals surface area contributed by atoms with E-state index < -0.39 is 0 Å². The normalized spacial score (nSPS) is 10.5. The predicted molar refractivity (Wildman–Crippen MR) is 107 cm³/mol. The first-order valence-corrected chi connectivity index (χ1v) is 9.25. The number of ether oxygens (including phenoxy) is 1. The van der Waals surface area contributed by atoms with Crippen molar-refractivity contribution in [3.05, 3.63) is 47.7 Å². The highest BCUT2D eigenvalue weighted by atomic mass is 16.5. The van der Waals surface area contributed by atoms with E-state index >= 15 is 0 Å². The lowest BCUT2D eigenvalue weighted by Gasteiger charge is -2.22. The van der Waals surface area contributed by atoms with Crippen molar-refractivity contribution in [1.82, 2.24) is 4.98 Å². The number of rotatable bonds is 9. The van der Waals surface area contributed by atoms with Gasteiger partial charge in [-0.15, -0.1) is 0 Å². The van der Waals surface area contributed by atoms with Gasteiger partial charge in [-0.3, -0.25) is 4.79 Å². The molecular formula is C21H29N3O2. The second kappa shape index (κ2) is 9.80. The molecule has 26 heavy (non-hydrogen) atoms. The monoisotopic (exact) mass is 355 g/mol. The molecule has 5 heteroatoms. The van der Waals surface area contributed by atoms with Crippen molar-refractivity contribution in [2.24, 2.45) is 0 Å². The third kappa shape index (κ3) is 5.48. The lowest BCUT2D eigenvalue weighted by molar-refractivity contribution is -0.118. The maximum absolute atomic E-state index is 12.2. The van der Waals surface area contributed by atoms with Gasteiger partial charge in [-0.25, -0.2) is 4.98 Å². The van der Waals surface area contributed by atoms with Gasteiger partial charge in [-0.05, 0) is 49.9 Å². The summed E-state index contributed by atoms with van der Waals surface area (Å²) in [5.74, 6) is 1.52. The summed E-state index contributed by atoms with van der Waals surface area (Å²) in [6.07, 6.45) is 3.86. The van der Waals surface area contributed by atoms with Crippen LogP contribution in [0.15, 0.2) is 36.5 Å². The minimum absolute atomic E-state index is 0.0226. The first-order valence-electron chi connectivity index (χ1n) is 9.25. The molecule has 1 heterocycles. The van der Waals surface area contributed by atoms with E-state index in [4.69, 9.17) is 4.74 Å². The fourth-order valence-electron chi connectivity index (χ4n) is 2.89. The first-order chi connectivity index (χ1) is 12.5. The molecule has 0 atom stereocenters. The summed E-state index contributed by atoms with van der Waals surface area (Å²) >= 11 is 0. The number of amides is 1. The number of benzene rings is 1. The third-order valence-corrected chi connectivity index (χ3v) is 4.10. The van der Waals surface area contributed by atoms with Gasteiger partial charge < -0.3 is 15.0 Å². The highest BCUT2D eigenvalue weighted by Gasteiger charge is 2.09. The van der Waals surface area contributed by atoms with E-state index in [1.165, 1.54) is 0 Å². The van der Waals surface area contributed by atoms with Crippen molar-refractivity contribution in [2.45, 2.75) is 40.5 Å². The van der Waals surface area contributed by atoms with Crippen LogP contribution in [0.2, 0.25) is 0 Å². The Bertz CT molecular complexity index is 687. The SMILES string of the molecule is CCCN(CCC)c1ccc(NC(=O)COc2c(C)cccc2C)cn1. The largest absolute Gasteiger partial charge is 0.483 e. The van der Waals surface area contributed by atoms with Crippen LogP contribution in [0.4, 0.5) is 11.5 Å². The molecule has 0 fully saturated rings. The number of pyridine rings is 1. The Labute approximate surface area is 156 Å². The van der Waals surface area contributed by atoms with Crippen LogP contribution in [0.1, 0.15) is 37.8 Å². The second-order valence-corrected chi connectivity index (χ2v) is 6.45. The Morgan fingerprint density at radius 2 is 1.73 bits per heavy atom. The summed E-state index contributed by atoms with van der Waals surface area (Å²) in [6, 6.07) is 9.76. The first kappa shape index (κ1) is 19.8. The van der Waals surface area contributed by atoms with E-state index in [1.807, 2.05) is 44.2 Å². The molecule has 1 aromatic heterocycles. The van der Waals surface area contributed by atoms with E-state index in [1.54, 1.807) is 6.20 Å². The van der Waals surface area contributed by atoms with Crippen LogP contribution in [0.25, 0.3) is 0 Å². The van der Waals surface area contributed by atoms with Gasteiger partial charge in [0.15, 0.2) is 6.61 Å². The standard InChI is InChI=1S/C21H29N3O2/c1-5-12-24(13-6-2)19-11-10-18(14-22-19)23-20(25)15-26-21-16(3)8-7-9-17(21)4/h7-11,14H,5-6,12-13,15H2,1-4H3,(H,23,25). The summed E-state index contributed by atoms with van der Waals surface area (Å²) in [7, 11) is 0. The van der Waals surface area contributed by atoms with Crippen LogP contribution >= 0.6 is 0 Å². The van der Waals surface area contributed by atoms with Gasteiger partial charge in [0.1, 0.15) is 11.6 Å². The Morgan fingerprint density at radius 3 is 2.27 bits per heavy atom. The zero-order chi connectivity index (χ0) is 18.9. The number of aryl methyl sites for hydroxylation is 2. The molecule has 0 spiro atoms. The Balaban J connectivity index is 1.92. The van der Waals surface area contributed by atoms with Crippen LogP contribution < -0.4 is 15.0 Å². The van der Waals surface area contributed by atoms with Crippen molar-refractivity contribution >= 4 is 17.4 Å². The summed E-state index contributed by atoms with van der Waals surface area (Å²) in [6.45, 7) is 10.2. The highest BCUT2D eigenvalue weighted by molar-refractivity contribution is 5.91. The quantitative estimate of drug-likeness (QED) is 0.727. The molecule has 0 unspecified atom stereocenters. The molecule has 1 aromatic carbocycles. The molecular weight excluding hydrogens is 326 g/mol. The molecule has 2 aromatic rings. The van der Waals surface area contributed by atoms with E-state index in [9.17, 15) is 4.79 Å². The van der Waals surface area contributed by atoms with Crippen molar-refractivity contribution in [3.8, 4) is 5.75 Å². The number of para-hydroxylation sites is 1. The summed E-state index contributed by atoms with van der Waals surface area (Å²) in [5.41, 5.74) is 2.73. The van der Waals surface area contributed by atoms with Crippen LogP contribution in [-0.4, -0.2) is 30.6 Å². The lowest BCUT2D eigenvalue weighted by atomic mass is 10.1. The van der Waals surface area contributed by atoms with Gasteiger partial charge in [0.25, 0.3) is 5.91 Å². The number of carbonyl (C=O) groups is 1. The zero-order valence-corrected chi connectivity index (χ0v) is 16.2. The number of anilines is 2. The maximum Gasteiger partial charge on any atom is 0.262 e. The molecule has 0 saturated carbocycles. The number of nitrogens with zero attached hydrogens (tertiary/aromatic N) is 2. The fourth-order valence-corrected chi connectivity index (χ4v) is 2.89. The minimum atomic E-state index is -0.193. The van der Waals surface area contributed by atoms with E-state index in [-0.39, 0.29) is 12.5 Å². The topological polar surface area (TPSA) is 54.5 Å². The fraction of sp³-hybridized carbons (Fsp3) is 0.429. The number of hydrogen-bond acceptors (Lipinski definition) is 4. The molecule has 5 nitrogen and oxygen atoms in total.